The molecule has 3 N–H and O–H groups in total. The first kappa shape index (κ1) is 37.4. The number of hydrogen-bond acceptors (Lipinski definition) is 10. The molecule has 0 amide bonds. The fourth-order valence-electron chi connectivity index (χ4n) is 2.99. The predicted octanol–water partition coefficient (Wildman–Crippen LogP) is 5.35. The molecule has 14 nitrogen and oxygen atoms in total. The van der Waals surface area contributed by atoms with Crippen molar-refractivity contribution in [2.24, 2.45) is 28.3 Å². The summed E-state index contributed by atoms with van der Waals surface area (Å²) in [7, 11) is -3.41. The predicted molar refractivity (Wildman–Crippen MR) is 147 cm³/mol. The maximum Gasteiger partial charge on any atom is 0.510 e. The number of nitrogens with zero attached hydrogens (tertiary/aromatic N) is 2. The molecule has 3 unspecified atom stereocenters. The topological polar surface area (TPSA) is 186 Å². The van der Waals surface area contributed by atoms with E-state index in [1.165, 1.54) is 7.05 Å². The Morgan fingerprint density at radius 1 is 0.825 bits per heavy atom. The Balaban J connectivity index is 6.31. The summed E-state index contributed by atoms with van der Waals surface area (Å²) < 4.78 is 49.6. The highest BCUT2D eigenvalue weighted by Gasteiger charge is 2.40. The van der Waals surface area contributed by atoms with Crippen LogP contribution in [0.1, 0.15) is 81.1 Å². The van der Waals surface area contributed by atoms with Crippen molar-refractivity contribution in [3.8, 4) is 0 Å². The molecular formula is C25H48N3O11P. The van der Waals surface area contributed by atoms with Gasteiger partial charge in [-0.15, -0.1) is 4.76 Å². The lowest BCUT2D eigenvalue weighted by Crippen LogP contribution is -2.48. The van der Waals surface area contributed by atoms with Crippen LogP contribution in [0.4, 0.5) is 9.59 Å². The average Bonchev–Trinajstić information content (AvgIpc) is 2.82. The van der Waals surface area contributed by atoms with E-state index in [4.69, 9.17) is 33.7 Å². The third kappa shape index (κ3) is 14.2. The first-order valence-corrected chi connectivity index (χ1v) is 15.0. The van der Waals surface area contributed by atoms with Crippen LogP contribution in [0.2, 0.25) is 0 Å². The Bertz CT molecular complexity index is 825. The van der Waals surface area contributed by atoms with Crippen molar-refractivity contribution in [3.63, 3.8) is 0 Å². The van der Waals surface area contributed by atoms with E-state index in [-0.39, 0.29) is 13.2 Å². The standard InChI is InChI=1S/C25H48N3O11P/c1-10-12-14-34-24(31)36-21(17(5)6)38-40(33,27-23(26)28(9)19(16(3)4)20(29)30)39-22(18(7)8)37-25(32)35-15-13-11-2/h16-19,21-22H,10-15H2,1-9H3,(H,29,30)(H2,26,27,33). The largest absolute Gasteiger partial charge is 0.510 e. The lowest BCUT2D eigenvalue weighted by molar-refractivity contribution is -0.143. The van der Waals surface area contributed by atoms with Crippen molar-refractivity contribution in [3.05, 3.63) is 0 Å². The number of carboxylic acid groups (broad SMARTS) is 1. The van der Waals surface area contributed by atoms with Crippen molar-refractivity contribution >= 4 is 32.0 Å². The van der Waals surface area contributed by atoms with Gasteiger partial charge in [-0.1, -0.05) is 68.2 Å². The molecule has 3 atom stereocenters. The fraction of sp³-hybridized carbons (Fsp3) is 0.840. The Morgan fingerprint density at radius 2 is 1.23 bits per heavy atom. The lowest BCUT2D eigenvalue weighted by atomic mass is 10.0. The van der Waals surface area contributed by atoms with Crippen LogP contribution < -0.4 is 5.73 Å². The summed E-state index contributed by atoms with van der Waals surface area (Å²) in [5.74, 6) is -3.23. The highest BCUT2D eigenvalue weighted by molar-refractivity contribution is 7.52. The van der Waals surface area contributed by atoms with Gasteiger partial charge in [0, 0.05) is 18.9 Å². The Kier molecular flexibility index (Phi) is 17.5. The van der Waals surface area contributed by atoms with Gasteiger partial charge < -0.3 is 34.7 Å². The van der Waals surface area contributed by atoms with Crippen LogP contribution in [0.15, 0.2) is 4.76 Å². The van der Waals surface area contributed by atoms with E-state index in [1.54, 1.807) is 41.5 Å². The number of carbonyl (C=O) groups excluding carboxylic acids is 2. The number of carbonyl (C=O) groups is 3. The Hall–Kier alpha value is -2.57. The molecular weight excluding hydrogens is 549 g/mol. The number of rotatable bonds is 18. The molecule has 0 bridgehead atoms. The first-order chi connectivity index (χ1) is 18.6. The van der Waals surface area contributed by atoms with Crippen molar-refractivity contribution in [1.82, 2.24) is 4.90 Å². The zero-order valence-corrected chi connectivity index (χ0v) is 26.0. The molecule has 0 heterocycles. The van der Waals surface area contributed by atoms with Crippen LogP contribution in [-0.4, -0.2) is 73.1 Å². The highest BCUT2D eigenvalue weighted by Crippen LogP contribution is 2.54. The van der Waals surface area contributed by atoms with Gasteiger partial charge in [0.1, 0.15) is 6.04 Å². The van der Waals surface area contributed by atoms with Gasteiger partial charge in [0.2, 0.25) is 18.5 Å². The minimum absolute atomic E-state index is 0.111. The lowest BCUT2D eigenvalue weighted by Gasteiger charge is -2.31. The molecule has 0 fully saturated rings. The van der Waals surface area contributed by atoms with Gasteiger partial charge >= 0.3 is 26.0 Å². The van der Waals surface area contributed by atoms with Gasteiger partial charge in [0.25, 0.3) is 0 Å². The molecule has 40 heavy (non-hydrogen) atoms. The van der Waals surface area contributed by atoms with Crippen LogP contribution >= 0.6 is 7.75 Å². The summed E-state index contributed by atoms with van der Waals surface area (Å²) >= 11 is 0. The van der Waals surface area contributed by atoms with Crippen LogP contribution in [-0.2, 0) is 37.4 Å². The van der Waals surface area contributed by atoms with Gasteiger partial charge in [-0.3, -0.25) is 0 Å². The van der Waals surface area contributed by atoms with Crippen molar-refractivity contribution < 1.29 is 52.1 Å². The van der Waals surface area contributed by atoms with Gasteiger partial charge in [-0.05, 0) is 18.8 Å². The third-order valence-corrected chi connectivity index (χ3v) is 6.71. The number of nitrogens with two attached hydrogens (primary N) is 1. The van der Waals surface area contributed by atoms with E-state index in [9.17, 15) is 24.1 Å². The molecule has 0 saturated heterocycles. The first-order valence-electron chi connectivity index (χ1n) is 13.5. The second-order valence-electron chi connectivity index (χ2n) is 10.1. The van der Waals surface area contributed by atoms with E-state index in [1.807, 2.05) is 13.8 Å². The second-order valence-corrected chi connectivity index (χ2v) is 11.7. The fourth-order valence-corrected chi connectivity index (χ4v) is 4.62. The van der Waals surface area contributed by atoms with E-state index < -0.39 is 68.4 Å². The molecule has 0 saturated carbocycles. The highest BCUT2D eigenvalue weighted by atomic mass is 31.2. The minimum atomic E-state index is -4.76. The van der Waals surface area contributed by atoms with Crippen LogP contribution in [0.3, 0.4) is 0 Å². The molecule has 0 aromatic heterocycles. The minimum Gasteiger partial charge on any atom is -0.480 e. The summed E-state index contributed by atoms with van der Waals surface area (Å²) in [6.07, 6.45) is -2.29. The number of carboxylic acids is 1. The van der Waals surface area contributed by atoms with Crippen LogP contribution in [0.25, 0.3) is 0 Å². The molecule has 0 aliphatic carbocycles. The number of aliphatic carboxylic acids is 1. The Labute approximate surface area is 237 Å². The van der Waals surface area contributed by atoms with Crippen molar-refractivity contribution in [2.75, 3.05) is 20.3 Å². The van der Waals surface area contributed by atoms with Crippen molar-refractivity contribution in [2.45, 2.75) is 99.7 Å². The van der Waals surface area contributed by atoms with Gasteiger partial charge in [0.05, 0.1) is 13.2 Å². The van der Waals surface area contributed by atoms with Crippen LogP contribution in [0.5, 0.6) is 0 Å². The molecule has 0 rings (SSSR count). The summed E-state index contributed by atoms with van der Waals surface area (Å²) in [6, 6.07) is -1.13. The SMILES string of the molecule is CCCCOC(=O)OC(OP(=O)(N=C(N)N(C)C(C(=O)O)C(C)C)OC(OC(=O)OCCCC)C(C)C)C(C)C. The summed E-state index contributed by atoms with van der Waals surface area (Å²) in [5.41, 5.74) is 6.06. The summed E-state index contributed by atoms with van der Waals surface area (Å²) in [4.78, 5) is 37.3. The van der Waals surface area contributed by atoms with Gasteiger partial charge in [-0.2, -0.15) is 0 Å². The monoisotopic (exact) mass is 597 g/mol. The normalized spacial score (nSPS) is 15.8. The second kappa shape index (κ2) is 18.7. The molecule has 0 radical (unpaired) electrons. The Morgan fingerprint density at radius 3 is 1.52 bits per heavy atom. The third-order valence-electron chi connectivity index (χ3n) is 5.31. The summed E-state index contributed by atoms with van der Waals surface area (Å²) in [6.45, 7) is 13.9. The van der Waals surface area contributed by atoms with E-state index in [2.05, 4.69) is 4.76 Å². The molecule has 15 heteroatoms. The van der Waals surface area contributed by atoms with E-state index >= 15 is 0 Å². The number of guanidine groups is 1. The quantitative estimate of drug-likeness (QED) is 0.0514. The summed E-state index contributed by atoms with van der Waals surface area (Å²) in [5, 5.41) is 9.65. The molecule has 0 spiro atoms. The van der Waals surface area contributed by atoms with Crippen molar-refractivity contribution in [1.29, 1.82) is 0 Å². The maximum absolute atomic E-state index is 14.1. The molecule has 234 valence electrons. The van der Waals surface area contributed by atoms with E-state index in [0.717, 1.165) is 17.7 Å². The van der Waals surface area contributed by atoms with Crippen LogP contribution in [0, 0.1) is 17.8 Å². The maximum atomic E-state index is 14.1. The number of ether oxygens (including phenoxy) is 4. The smallest absolute Gasteiger partial charge is 0.480 e. The number of unbranched alkanes of at least 4 members (excludes halogenated alkanes) is 2. The average molecular weight is 598 g/mol. The molecule has 0 aromatic carbocycles. The van der Waals surface area contributed by atoms with Gasteiger partial charge in [-0.25, -0.2) is 28.0 Å². The molecule has 0 aromatic rings. The van der Waals surface area contributed by atoms with E-state index in [0.29, 0.717) is 12.8 Å². The molecule has 0 aliphatic heterocycles. The number of likely N-dealkylation sites (N-methyl/N-ethyl adjacent to an activating group) is 1. The molecule has 0 aliphatic rings. The van der Waals surface area contributed by atoms with Gasteiger partial charge in [0.15, 0.2) is 0 Å². The zero-order valence-electron chi connectivity index (χ0n) is 25.2. The zero-order chi connectivity index (χ0) is 31.0. The number of hydrogen-bond donors (Lipinski definition) is 2.